The lowest BCUT2D eigenvalue weighted by Gasteiger charge is -2.31. The minimum Gasteiger partial charge on any atom is -0.463 e. The predicted molar refractivity (Wildman–Crippen MR) is 97.1 cm³/mol. The molecule has 2 aromatic carbocycles. The highest BCUT2D eigenvalue weighted by Crippen LogP contribution is 2.31. The number of piperidine rings is 1. The summed E-state index contributed by atoms with van der Waals surface area (Å²) in [5.41, 5.74) is -0.748. The number of carbonyl (C=O) groups excluding carboxylic acids is 1. The maximum atomic E-state index is 12.9. The minimum atomic E-state index is -1.79. The lowest BCUT2D eigenvalue weighted by molar-refractivity contribution is -0.164. The van der Waals surface area contributed by atoms with E-state index in [0.717, 1.165) is 25.9 Å². The highest BCUT2D eigenvalue weighted by molar-refractivity contribution is 5.85. The van der Waals surface area contributed by atoms with Crippen LogP contribution in [0.2, 0.25) is 0 Å². The van der Waals surface area contributed by atoms with Crippen LogP contribution in [-0.2, 0) is 15.1 Å². The van der Waals surface area contributed by atoms with Crippen LogP contribution in [-0.4, -0.2) is 42.7 Å². The summed E-state index contributed by atoms with van der Waals surface area (Å²) in [7, 11) is 2.08. The molecule has 4 nitrogen and oxygen atoms in total. The second kappa shape index (κ2) is 7.81. The molecule has 2 aromatic rings. The highest BCUT2D eigenvalue weighted by Gasteiger charge is 2.41. The SMILES string of the molecule is CN1CCC[C@H](COC(=O)C(O)(c2ccccc2)c2ccccc2)C1. The lowest BCUT2D eigenvalue weighted by Crippen LogP contribution is -2.41. The van der Waals surface area contributed by atoms with Gasteiger partial charge in [0.1, 0.15) is 0 Å². The average Bonchev–Trinajstić information content (AvgIpc) is 2.67. The van der Waals surface area contributed by atoms with Crippen LogP contribution in [0.3, 0.4) is 0 Å². The molecule has 1 atom stereocenters. The zero-order chi connectivity index (χ0) is 17.7. The molecule has 4 heteroatoms. The van der Waals surface area contributed by atoms with E-state index in [9.17, 15) is 9.90 Å². The minimum absolute atomic E-state index is 0.318. The van der Waals surface area contributed by atoms with Gasteiger partial charge < -0.3 is 14.7 Å². The molecule has 0 spiro atoms. The van der Waals surface area contributed by atoms with E-state index in [-0.39, 0.29) is 0 Å². The molecule has 1 aliphatic heterocycles. The van der Waals surface area contributed by atoms with Gasteiger partial charge in [0.05, 0.1) is 6.61 Å². The topological polar surface area (TPSA) is 49.8 Å². The van der Waals surface area contributed by atoms with Crippen molar-refractivity contribution in [2.75, 3.05) is 26.7 Å². The molecule has 1 heterocycles. The van der Waals surface area contributed by atoms with E-state index in [0.29, 0.717) is 23.7 Å². The number of ether oxygens (including phenoxy) is 1. The van der Waals surface area contributed by atoms with E-state index in [4.69, 9.17) is 4.74 Å². The Hall–Kier alpha value is -2.17. The second-order valence-electron chi connectivity index (χ2n) is 6.81. The first-order valence-corrected chi connectivity index (χ1v) is 8.80. The maximum absolute atomic E-state index is 12.9. The molecule has 132 valence electrons. The molecule has 0 saturated carbocycles. The molecule has 0 bridgehead atoms. The van der Waals surface area contributed by atoms with E-state index in [1.807, 2.05) is 36.4 Å². The van der Waals surface area contributed by atoms with Crippen LogP contribution in [0.15, 0.2) is 60.7 Å². The van der Waals surface area contributed by atoms with Crippen molar-refractivity contribution in [3.63, 3.8) is 0 Å². The van der Waals surface area contributed by atoms with Crippen LogP contribution < -0.4 is 0 Å². The van der Waals surface area contributed by atoms with Crippen LogP contribution in [0, 0.1) is 5.92 Å². The third-order valence-corrected chi connectivity index (χ3v) is 4.85. The van der Waals surface area contributed by atoms with Crippen LogP contribution in [0.1, 0.15) is 24.0 Å². The van der Waals surface area contributed by atoms with Gasteiger partial charge in [0, 0.05) is 12.5 Å². The van der Waals surface area contributed by atoms with Crippen LogP contribution >= 0.6 is 0 Å². The standard InChI is InChI=1S/C21H25NO3/c1-22-14-8-9-17(15-22)16-25-20(23)21(24,18-10-4-2-5-11-18)19-12-6-3-7-13-19/h2-7,10-13,17,24H,8-9,14-16H2,1H3/t17-/m0/s1. The first-order chi connectivity index (χ1) is 12.1. The summed E-state index contributed by atoms with van der Waals surface area (Å²) < 4.78 is 5.59. The third-order valence-electron chi connectivity index (χ3n) is 4.85. The van der Waals surface area contributed by atoms with Crippen molar-refractivity contribution in [1.29, 1.82) is 0 Å². The zero-order valence-electron chi connectivity index (χ0n) is 14.6. The molecule has 0 radical (unpaired) electrons. The van der Waals surface area contributed by atoms with Gasteiger partial charge in [0.15, 0.2) is 0 Å². The number of likely N-dealkylation sites (tertiary alicyclic amines) is 1. The summed E-state index contributed by atoms with van der Waals surface area (Å²) in [5, 5.41) is 11.3. The van der Waals surface area contributed by atoms with Crippen LogP contribution in [0.5, 0.6) is 0 Å². The van der Waals surface area contributed by atoms with Crippen molar-refractivity contribution in [3.8, 4) is 0 Å². The fraction of sp³-hybridized carbons (Fsp3) is 0.381. The molecular weight excluding hydrogens is 314 g/mol. The van der Waals surface area contributed by atoms with Crippen LogP contribution in [0.4, 0.5) is 0 Å². The first kappa shape index (κ1) is 17.6. The smallest absolute Gasteiger partial charge is 0.347 e. The molecule has 1 N–H and O–H groups in total. The zero-order valence-corrected chi connectivity index (χ0v) is 14.6. The van der Waals surface area contributed by atoms with Gasteiger partial charge in [-0.15, -0.1) is 0 Å². The average molecular weight is 339 g/mol. The largest absolute Gasteiger partial charge is 0.463 e. The molecule has 3 rings (SSSR count). The Morgan fingerprint density at radius 2 is 1.68 bits per heavy atom. The number of aliphatic hydroxyl groups is 1. The Kier molecular flexibility index (Phi) is 5.51. The third kappa shape index (κ3) is 3.91. The Morgan fingerprint density at radius 1 is 1.12 bits per heavy atom. The number of esters is 1. The van der Waals surface area contributed by atoms with E-state index >= 15 is 0 Å². The molecule has 1 fully saturated rings. The monoisotopic (exact) mass is 339 g/mol. The van der Waals surface area contributed by atoms with Gasteiger partial charge in [-0.25, -0.2) is 4.79 Å². The molecular formula is C21H25NO3. The Morgan fingerprint density at radius 3 is 2.20 bits per heavy atom. The Labute approximate surface area is 149 Å². The van der Waals surface area contributed by atoms with E-state index in [1.54, 1.807) is 24.3 Å². The normalized spacial score (nSPS) is 18.7. The van der Waals surface area contributed by atoms with E-state index in [2.05, 4.69) is 11.9 Å². The number of carbonyl (C=O) groups is 1. The number of benzene rings is 2. The second-order valence-corrected chi connectivity index (χ2v) is 6.81. The van der Waals surface area contributed by atoms with Crippen molar-refractivity contribution in [2.45, 2.75) is 18.4 Å². The fourth-order valence-electron chi connectivity index (χ4n) is 3.47. The van der Waals surface area contributed by atoms with Crippen LogP contribution in [0.25, 0.3) is 0 Å². The van der Waals surface area contributed by atoms with Gasteiger partial charge in [0.2, 0.25) is 5.60 Å². The van der Waals surface area contributed by atoms with E-state index < -0.39 is 11.6 Å². The van der Waals surface area contributed by atoms with Crippen molar-refractivity contribution < 1.29 is 14.6 Å². The van der Waals surface area contributed by atoms with Gasteiger partial charge in [0.25, 0.3) is 0 Å². The number of nitrogens with zero attached hydrogens (tertiary/aromatic N) is 1. The van der Waals surface area contributed by atoms with Gasteiger partial charge in [-0.05, 0) is 37.6 Å². The molecule has 0 aromatic heterocycles. The highest BCUT2D eigenvalue weighted by atomic mass is 16.5. The summed E-state index contributed by atoms with van der Waals surface area (Å²) in [6, 6.07) is 18.0. The number of rotatable bonds is 5. The maximum Gasteiger partial charge on any atom is 0.347 e. The predicted octanol–water partition coefficient (Wildman–Crippen LogP) is 2.81. The Balaban J connectivity index is 1.81. The summed E-state index contributed by atoms with van der Waals surface area (Å²) in [6.45, 7) is 2.34. The summed E-state index contributed by atoms with van der Waals surface area (Å²) in [6.07, 6.45) is 2.16. The summed E-state index contributed by atoms with van der Waals surface area (Å²) in [4.78, 5) is 15.2. The summed E-state index contributed by atoms with van der Waals surface area (Å²) in [5.74, 6) is -0.295. The van der Waals surface area contributed by atoms with Crippen molar-refractivity contribution in [2.24, 2.45) is 5.92 Å². The Bertz CT molecular complexity index is 647. The summed E-state index contributed by atoms with van der Waals surface area (Å²) >= 11 is 0. The molecule has 1 saturated heterocycles. The van der Waals surface area contributed by atoms with Crippen molar-refractivity contribution in [1.82, 2.24) is 4.90 Å². The van der Waals surface area contributed by atoms with Gasteiger partial charge >= 0.3 is 5.97 Å². The van der Waals surface area contributed by atoms with Gasteiger partial charge in [-0.1, -0.05) is 60.7 Å². The quantitative estimate of drug-likeness (QED) is 0.851. The first-order valence-electron chi connectivity index (χ1n) is 8.80. The molecule has 0 unspecified atom stereocenters. The van der Waals surface area contributed by atoms with E-state index in [1.165, 1.54) is 0 Å². The lowest BCUT2D eigenvalue weighted by atomic mass is 9.86. The molecule has 0 aliphatic carbocycles. The van der Waals surface area contributed by atoms with Gasteiger partial charge in [-0.2, -0.15) is 0 Å². The molecule has 1 aliphatic rings. The fourth-order valence-corrected chi connectivity index (χ4v) is 3.47. The van der Waals surface area contributed by atoms with Gasteiger partial charge in [-0.3, -0.25) is 0 Å². The number of hydrogen-bond donors (Lipinski definition) is 1. The van der Waals surface area contributed by atoms with Crippen molar-refractivity contribution in [3.05, 3.63) is 71.8 Å². The molecule has 0 amide bonds. The van der Waals surface area contributed by atoms with Crippen molar-refractivity contribution >= 4 is 5.97 Å². The number of hydrogen-bond acceptors (Lipinski definition) is 4. The molecule has 25 heavy (non-hydrogen) atoms.